The van der Waals surface area contributed by atoms with Crippen molar-refractivity contribution in [1.29, 1.82) is 0 Å². The van der Waals surface area contributed by atoms with Crippen molar-refractivity contribution in [3.63, 3.8) is 0 Å². The van der Waals surface area contributed by atoms with E-state index in [1.165, 1.54) is 0 Å². The third-order valence-electron chi connectivity index (χ3n) is 5.18. The molecule has 0 bridgehead atoms. The van der Waals surface area contributed by atoms with Crippen LogP contribution in [0.25, 0.3) is 16.9 Å². The number of sulfonamides is 1. The summed E-state index contributed by atoms with van der Waals surface area (Å²) in [4.78, 5) is 12.0. The van der Waals surface area contributed by atoms with Crippen LogP contribution in [-0.2, 0) is 21.4 Å². The smallest absolute Gasteiger partial charge is 0.240 e. The monoisotopic (exact) mass is 496 g/mol. The summed E-state index contributed by atoms with van der Waals surface area (Å²) in [5.41, 5.74) is 3.27. The molecular weight excluding hydrogens is 474 g/mol. The van der Waals surface area contributed by atoms with E-state index in [0.29, 0.717) is 11.8 Å². The van der Waals surface area contributed by atoms with Gasteiger partial charge in [-0.15, -0.1) is 0 Å². The molecule has 0 spiro atoms. The molecule has 3 aromatic carbocycles. The maximum Gasteiger partial charge on any atom is 0.240 e. The average Bonchev–Trinajstić information content (AvgIpc) is 3.30. The lowest BCUT2D eigenvalue weighted by Gasteiger charge is -2.08. The molecule has 0 radical (unpaired) electrons. The zero-order valence-electron chi connectivity index (χ0n) is 18.5. The number of para-hydroxylation sites is 1. The molecule has 0 fully saturated rings. The van der Waals surface area contributed by atoms with Crippen molar-refractivity contribution in [1.82, 2.24) is 19.8 Å². The van der Waals surface area contributed by atoms with Crippen molar-refractivity contribution in [2.75, 3.05) is 6.54 Å². The quantitative estimate of drug-likeness (QED) is 0.369. The molecule has 10 heteroatoms. The molecule has 0 saturated heterocycles. The van der Waals surface area contributed by atoms with Crippen LogP contribution in [0.15, 0.2) is 90.0 Å². The first kappa shape index (κ1) is 24.2. The minimum Gasteiger partial charge on any atom is -0.352 e. The van der Waals surface area contributed by atoms with Crippen molar-refractivity contribution >= 4 is 15.9 Å². The van der Waals surface area contributed by atoms with E-state index >= 15 is 0 Å². The first-order valence-corrected chi connectivity index (χ1v) is 12.2. The molecular formula is C25H22F2N4O3S. The summed E-state index contributed by atoms with van der Waals surface area (Å²) in [6.07, 6.45) is 1.69. The minimum atomic E-state index is -4.08. The first-order valence-electron chi connectivity index (χ1n) is 10.7. The summed E-state index contributed by atoms with van der Waals surface area (Å²) < 4.78 is 54.9. The number of amides is 1. The third kappa shape index (κ3) is 5.97. The molecule has 0 atom stereocenters. The normalized spacial score (nSPS) is 11.4. The Kier molecular flexibility index (Phi) is 7.33. The predicted octanol–water partition coefficient (Wildman–Crippen LogP) is 3.80. The van der Waals surface area contributed by atoms with Gasteiger partial charge in [0, 0.05) is 36.8 Å². The van der Waals surface area contributed by atoms with Crippen molar-refractivity contribution < 1.29 is 22.0 Å². The van der Waals surface area contributed by atoms with Crippen molar-refractivity contribution in [3.8, 4) is 16.9 Å². The van der Waals surface area contributed by atoms with E-state index in [4.69, 9.17) is 0 Å². The highest BCUT2D eigenvalue weighted by Gasteiger charge is 2.17. The Morgan fingerprint density at radius 1 is 0.914 bits per heavy atom. The SMILES string of the molecule is O=C(CCNS(=O)(=O)c1ccc(F)c(F)c1)NCc1cn(-c2ccccc2)nc1-c1ccccc1. The molecule has 4 aromatic rings. The molecule has 180 valence electrons. The van der Waals surface area contributed by atoms with Gasteiger partial charge in [-0.05, 0) is 30.3 Å². The standard InChI is InChI=1S/C25H22F2N4O3S/c26-22-12-11-21(15-23(22)27)35(33,34)29-14-13-24(32)28-16-19-17-31(20-9-5-2-6-10-20)30-25(19)18-7-3-1-4-8-18/h1-12,15,17,29H,13-14,16H2,(H,28,32). The van der Waals surface area contributed by atoms with Gasteiger partial charge in [-0.2, -0.15) is 5.10 Å². The Morgan fingerprint density at radius 3 is 2.29 bits per heavy atom. The Bertz CT molecular complexity index is 1430. The van der Waals surface area contributed by atoms with Crippen LogP contribution in [0.1, 0.15) is 12.0 Å². The van der Waals surface area contributed by atoms with Gasteiger partial charge in [0.05, 0.1) is 16.3 Å². The number of halogens is 2. The van der Waals surface area contributed by atoms with E-state index in [2.05, 4.69) is 15.1 Å². The summed E-state index contributed by atoms with van der Waals surface area (Å²) in [7, 11) is -4.08. The van der Waals surface area contributed by atoms with Crippen LogP contribution in [-0.4, -0.2) is 30.7 Å². The molecule has 0 unspecified atom stereocenters. The average molecular weight is 497 g/mol. The summed E-state index contributed by atoms with van der Waals surface area (Å²) in [5.74, 6) is -2.80. The number of aromatic nitrogens is 2. The lowest BCUT2D eigenvalue weighted by Crippen LogP contribution is -2.30. The summed E-state index contributed by atoms with van der Waals surface area (Å²) >= 11 is 0. The van der Waals surface area contributed by atoms with Crippen molar-refractivity contribution in [3.05, 3.63) is 102 Å². The van der Waals surface area contributed by atoms with Gasteiger partial charge >= 0.3 is 0 Å². The maximum absolute atomic E-state index is 13.3. The van der Waals surface area contributed by atoms with Crippen LogP contribution in [0.4, 0.5) is 8.78 Å². The number of nitrogens with zero attached hydrogens (tertiary/aromatic N) is 2. The van der Waals surface area contributed by atoms with Gasteiger partial charge in [0.15, 0.2) is 11.6 Å². The van der Waals surface area contributed by atoms with E-state index in [0.717, 1.165) is 28.9 Å². The summed E-state index contributed by atoms with van der Waals surface area (Å²) in [6.45, 7) is -0.0200. The van der Waals surface area contributed by atoms with Gasteiger partial charge in [0.25, 0.3) is 0 Å². The highest BCUT2D eigenvalue weighted by molar-refractivity contribution is 7.89. The van der Waals surface area contributed by atoms with E-state index in [1.807, 2.05) is 66.9 Å². The van der Waals surface area contributed by atoms with Gasteiger partial charge in [-0.3, -0.25) is 4.79 Å². The zero-order valence-corrected chi connectivity index (χ0v) is 19.3. The highest BCUT2D eigenvalue weighted by Crippen LogP contribution is 2.23. The fourth-order valence-corrected chi connectivity index (χ4v) is 4.44. The van der Waals surface area contributed by atoms with Crippen LogP contribution < -0.4 is 10.0 Å². The lowest BCUT2D eigenvalue weighted by molar-refractivity contribution is -0.121. The molecule has 2 N–H and O–H groups in total. The topological polar surface area (TPSA) is 93.1 Å². The largest absolute Gasteiger partial charge is 0.352 e. The Morgan fingerprint density at radius 2 is 1.60 bits per heavy atom. The second-order valence-electron chi connectivity index (χ2n) is 7.65. The van der Waals surface area contributed by atoms with E-state index < -0.39 is 26.6 Å². The third-order valence-corrected chi connectivity index (χ3v) is 6.64. The molecule has 1 aromatic heterocycles. The molecule has 7 nitrogen and oxygen atoms in total. The van der Waals surface area contributed by atoms with Gasteiger partial charge in [-0.25, -0.2) is 26.6 Å². The van der Waals surface area contributed by atoms with E-state index in [-0.39, 0.29) is 25.4 Å². The van der Waals surface area contributed by atoms with Crippen LogP contribution in [0.5, 0.6) is 0 Å². The fraction of sp³-hybridized carbons (Fsp3) is 0.120. The van der Waals surface area contributed by atoms with Crippen LogP contribution in [0.3, 0.4) is 0 Å². The van der Waals surface area contributed by atoms with Crippen LogP contribution in [0, 0.1) is 11.6 Å². The Labute approximate surface area is 201 Å². The van der Waals surface area contributed by atoms with Crippen molar-refractivity contribution in [2.24, 2.45) is 0 Å². The van der Waals surface area contributed by atoms with Gasteiger partial charge in [0.2, 0.25) is 15.9 Å². The molecule has 0 aliphatic rings. The number of hydrogen-bond donors (Lipinski definition) is 2. The predicted molar refractivity (Wildman–Crippen MR) is 127 cm³/mol. The molecule has 4 rings (SSSR count). The number of nitrogens with one attached hydrogen (secondary N) is 2. The molecule has 0 saturated carbocycles. The first-order chi connectivity index (χ1) is 16.8. The van der Waals surface area contributed by atoms with E-state index in [9.17, 15) is 22.0 Å². The van der Waals surface area contributed by atoms with E-state index in [1.54, 1.807) is 4.68 Å². The zero-order chi connectivity index (χ0) is 24.8. The summed E-state index contributed by atoms with van der Waals surface area (Å²) in [6, 6.07) is 21.4. The van der Waals surface area contributed by atoms with Crippen molar-refractivity contribution in [2.45, 2.75) is 17.9 Å². The van der Waals surface area contributed by atoms with Gasteiger partial charge in [-0.1, -0.05) is 48.5 Å². The number of hydrogen-bond acceptors (Lipinski definition) is 4. The molecule has 1 heterocycles. The number of carbonyl (C=O) groups is 1. The molecule has 35 heavy (non-hydrogen) atoms. The van der Waals surface area contributed by atoms with Gasteiger partial charge in [0.1, 0.15) is 0 Å². The van der Waals surface area contributed by atoms with Crippen LogP contribution >= 0.6 is 0 Å². The number of benzene rings is 3. The second-order valence-corrected chi connectivity index (χ2v) is 9.42. The Balaban J connectivity index is 1.40. The second kappa shape index (κ2) is 10.6. The Hall–Kier alpha value is -3.89. The molecule has 1 amide bonds. The highest BCUT2D eigenvalue weighted by atomic mass is 32.2. The fourth-order valence-electron chi connectivity index (χ4n) is 3.40. The summed E-state index contributed by atoms with van der Waals surface area (Å²) in [5, 5.41) is 7.47. The number of carbonyl (C=O) groups excluding carboxylic acids is 1. The maximum atomic E-state index is 13.3. The minimum absolute atomic E-state index is 0.142. The molecule has 0 aliphatic carbocycles. The van der Waals surface area contributed by atoms with Crippen LogP contribution in [0.2, 0.25) is 0 Å². The number of rotatable bonds is 9. The van der Waals surface area contributed by atoms with Gasteiger partial charge < -0.3 is 5.32 Å². The lowest BCUT2D eigenvalue weighted by atomic mass is 10.1. The molecule has 0 aliphatic heterocycles.